The Hall–Kier alpha value is -1.88. The van der Waals surface area contributed by atoms with Crippen molar-refractivity contribution < 1.29 is 9.59 Å². The highest BCUT2D eigenvalue weighted by molar-refractivity contribution is 6.23. The van der Waals surface area contributed by atoms with Crippen molar-refractivity contribution in [2.24, 2.45) is 11.7 Å². The van der Waals surface area contributed by atoms with E-state index in [2.05, 4.69) is 12.2 Å². The first kappa shape index (κ1) is 14.1. The third-order valence-electron chi connectivity index (χ3n) is 4.72. The Kier molecular flexibility index (Phi) is 3.45. The molecule has 3 rings (SSSR count). The molecule has 1 saturated heterocycles. The molecule has 1 aliphatic heterocycles. The Bertz CT molecular complexity index is 559. The van der Waals surface area contributed by atoms with Crippen molar-refractivity contribution in [3.63, 3.8) is 0 Å². The zero-order valence-electron chi connectivity index (χ0n) is 12.3. The summed E-state index contributed by atoms with van der Waals surface area (Å²) in [5.74, 6) is 0.512. The highest BCUT2D eigenvalue weighted by atomic mass is 16.2. The van der Waals surface area contributed by atoms with Gasteiger partial charge in [0.05, 0.1) is 5.69 Å². The fourth-order valence-electron chi connectivity index (χ4n) is 3.23. The van der Waals surface area contributed by atoms with Gasteiger partial charge in [0, 0.05) is 6.54 Å². The van der Waals surface area contributed by atoms with Crippen molar-refractivity contribution in [3.05, 3.63) is 29.8 Å². The SMILES string of the molecule is CC1CCC2(CC1)NC(=O)N(c1ccc(CN)cc1)C2=O. The van der Waals surface area contributed by atoms with Crippen LogP contribution in [0.5, 0.6) is 0 Å². The quantitative estimate of drug-likeness (QED) is 0.818. The van der Waals surface area contributed by atoms with Crippen LogP contribution in [-0.4, -0.2) is 17.5 Å². The van der Waals surface area contributed by atoms with E-state index < -0.39 is 5.54 Å². The van der Waals surface area contributed by atoms with Gasteiger partial charge in [-0.25, -0.2) is 9.69 Å². The molecule has 1 aromatic carbocycles. The number of benzene rings is 1. The summed E-state index contributed by atoms with van der Waals surface area (Å²) in [7, 11) is 0. The lowest BCUT2D eigenvalue weighted by Gasteiger charge is -2.33. The van der Waals surface area contributed by atoms with Crippen LogP contribution in [-0.2, 0) is 11.3 Å². The van der Waals surface area contributed by atoms with E-state index in [0.717, 1.165) is 31.2 Å². The summed E-state index contributed by atoms with van der Waals surface area (Å²) < 4.78 is 0. The summed E-state index contributed by atoms with van der Waals surface area (Å²) in [5, 5.41) is 2.93. The van der Waals surface area contributed by atoms with Crippen LogP contribution in [0.2, 0.25) is 0 Å². The molecule has 0 bridgehead atoms. The Morgan fingerprint density at radius 3 is 2.43 bits per heavy atom. The summed E-state index contributed by atoms with van der Waals surface area (Å²) >= 11 is 0. The molecule has 3 amide bonds. The van der Waals surface area contributed by atoms with Gasteiger partial charge in [-0.1, -0.05) is 19.1 Å². The molecule has 0 atom stereocenters. The van der Waals surface area contributed by atoms with E-state index in [1.165, 1.54) is 4.90 Å². The largest absolute Gasteiger partial charge is 0.329 e. The lowest BCUT2D eigenvalue weighted by Crippen LogP contribution is -2.49. The maximum Gasteiger partial charge on any atom is 0.329 e. The summed E-state index contributed by atoms with van der Waals surface area (Å²) in [5.41, 5.74) is 6.48. The van der Waals surface area contributed by atoms with E-state index in [1.54, 1.807) is 12.1 Å². The van der Waals surface area contributed by atoms with Crippen LogP contribution >= 0.6 is 0 Å². The second-order valence-electron chi connectivity index (χ2n) is 6.21. The number of nitrogens with one attached hydrogen (secondary N) is 1. The molecular weight excluding hydrogens is 266 g/mol. The zero-order chi connectivity index (χ0) is 15.0. The molecule has 5 heteroatoms. The van der Waals surface area contributed by atoms with Gasteiger partial charge in [-0.05, 0) is 49.3 Å². The maximum absolute atomic E-state index is 12.8. The van der Waals surface area contributed by atoms with Crippen molar-refractivity contribution in [3.8, 4) is 0 Å². The Labute approximate surface area is 124 Å². The standard InChI is InChI=1S/C16H21N3O2/c1-11-6-8-16(9-7-11)14(20)19(15(21)18-16)13-4-2-12(10-17)3-5-13/h2-5,11H,6-10,17H2,1H3,(H,18,21). The molecule has 1 aromatic rings. The number of nitrogens with zero attached hydrogens (tertiary/aromatic N) is 1. The fourth-order valence-corrected chi connectivity index (χ4v) is 3.23. The average molecular weight is 287 g/mol. The topological polar surface area (TPSA) is 75.4 Å². The first-order chi connectivity index (χ1) is 10.1. The zero-order valence-corrected chi connectivity index (χ0v) is 12.3. The van der Waals surface area contributed by atoms with Gasteiger partial charge in [0.2, 0.25) is 0 Å². The van der Waals surface area contributed by atoms with Crippen LogP contribution in [0.25, 0.3) is 0 Å². The molecule has 2 fully saturated rings. The summed E-state index contributed by atoms with van der Waals surface area (Å²) in [4.78, 5) is 26.3. The minimum absolute atomic E-state index is 0.111. The van der Waals surface area contributed by atoms with Gasteiger partial charge in [0.25, 0.3) is 5.91 Å². The number of nitrogens with two attached hydrogens (primary N) is 1. The molecule has 0 unspecified atom stereocenters. The van der Waals surface area contributed by atoms with Gasteiger partial charge < -0.3 is 11.1 Å². The molecule has 1 aliphatic carbocycles. The Morgan fingerprint density at radius 1 is 1.24 bits per heavy atom. The molecule has 0 aromatic heterocycles. The van der Waals surface area contributed by atoms with Gasteiger partial charge in [-0.2, -0.15) is 0 Å². The molecule has 1 saturated carbocycles. The second-order valence-corrected chi connectivity index (χ2v) is 6.21. The monoisotopic (exact) mass is 287 g/mol. The summed E-state index contributed by atoms with van der Waals surface area (Å²) in [6.07, 6.45) is 3.42. The number of imide groups is 1. The molecule has 21 heavy (non-hydrogen) atoms. The molecule has 5 nitrogen and oxygen atoms in total. The van der Waals surface area contributed by atoms with E-state index in [-0.39, 0.29) is 11.9 Å². The van der Waals surface area contributed by atoms with Crippen LogP contribution in [0, 0.1) is 5.92 Å². The predicted octanol–water partition coefficient (Wildman–Crippen LogP) is 2.15. The van der Waals surface area contributed by atoms with E-state index >= 15 is 0 Å². The Balaban J connectivity index is 1.86. The van der Waals surface area contributed by atoms with E-state index in [1.807, 2.05) is 12.1 Å². The minimum Gasteiger partial charge on any atom is -0.326 e. The van der Waals surface area contributed by atoms with Gasteiger partial charge in [-0.3, -0.25) is 4.79 Å². The van der Waals surface area contributed by atoms with E-state index in [9.17, 15) is 9.59 Å². The van der Waals surface area contributed by atoms with Gasteiger partial charge in [0.1, 0.15) is 5.54 Å². The highest BCUT2D eigenvalue weighted by Crippen LogP contribution is 2.37. The van der Waals surface area contributed by atoms with Crippen LogP contribution in [0.4, 0.5) is 10.5 Å². The third-order valence-corrected chi connectivity index (χ3v) is 4.72. The molecule has 0 radical (unpaired) electrons. The fraction of sp³-hybridized carbons (Fsp3) is 0.500. The molecule has 1 spiro atoms. The van der Waals surface area contributed by atoms with Crippen LogP contribution < -0.4 is 16.0 Å². The summed E-state index contributed by atoms with van der Waals surface area (Å²) in [6, 6.07) is 6.96. The third kappa shape index (κ3) is 2.31. The molecule has 2 aliphatic rings. The van der Waals surface area contributed by atoms with Crippen molar-refractivity contribution in [1.82, 2.24) is 5.32 Å². The number of hydrogen-bond acceptors (Lipinski definition) is 3. The number of rotatable bonds is 2. The minimum atomic E-state index is -0.684. The molecule has 1 heterocycles. The van der Waals surface area contributed by atoms with Gasteiger partial charge in [0.15, 0.2) is 0 Å². The van der Waals surface area contributed by atoms with Crippen molar-refractivity contribution in [1.29, 1.82) is 0 Å². The van der Waals surface area contributed by atoms with E-state index in [0.29, 0.717) is 18.2 Å². The smallest absolute Gasteiger partial charge is 0.326 e. The highest BCUT2D eigenvalue weighted by Gasteiger charge is 2.52. The first-order valence-corrected chi connectivity index (χ1v) is 7.51. The maximum atomic E-state index is 12.8. The number of amides is 3. The van der Waals surface area contributed by atoms with Crippen molar-refractivity contribution in [2.45, 2.75) is 44.7 Å². The van der Waals surface area contributed by atoms with Gasteiger partial charge >= 0.3 is 6.03 Å². The molecule has 112 valence electrons. The number of carbonyl (C=O) groups is 2. The van der Waals surface area contributed by atoms with Gasteiger partial charge in [-0.15, -0.1) is 0 Å². The van der Waals surface area contributed by atoms with Crippen LogP contribution in [0.1, 0.15) is 38.2 Å². The second kappa shape index (κ2) is 5.15. The van der Waals surface area contributed by atoms with Crippen molar-refractivity contribution in [2.75, 3.05) is 4.90 Å². The number of hydrogen-bond donors (Lipinski definition) is 2. The number of urea groups is 1. The van der Waals surface area contributed by atoms with Crippen molar-refractivity contribution >= 4 is 17.6 Å². The van der Waals surface area contributed by atoms with Crippen LogP contribution in [0.3, 0.4) is 0 Å². The molecule has 3 N–H and O–H groups in total. The van der Waals surface area contributed by atoms with Crippen LogP contribution in [0.15, 0.2) is 24.3 Å². The predicted molar refractivity (Wildman–Crippen MR) is 80.7 cm³/mol. The first-order valence-electron chi connectivity index (χ1n) is 7.51. The lowest BCUT2D eigenvalue weighted by molar-refractivity contribution is -0.123. The molecular formula is C16H21N3O2. The van der Waals surface area contributed by atoms with E-state index in [4.69, 9.17) is 5.73 Å². The number of anilines is 1. The normalized spacial score (nSPS) is 29.0. The number of carbonyl (C=O) groups excluding carboxylic acids is 2. The Morgan fingerprint density at radius 2 is 1.86 bits per heavy atom. The summed E-state index contributed by atoms with van der Waals surface area (Å²) in [6.45, 7) is 2.64. The average Bonchev–Trinajstić information content (AvgIpc) is 2.74. The lowest BCUT2D eigenvalue weighted by atomic mass is 9.77.